The Labute approximate surface area is 106 Å². The maximum atomic E-state index is 11.5. The van der Waals surface area contributed by atoms with E-state index in [2.05, 4.69) is 17.2 Å². The van der Waals surface area contributed by atoms with Crippen LogP contribution in [-0.2, 0) is 4.79 Å². The molecule has 1 heterocycles. The number of pyridine rings is 1. The molecule has 1 rings (SSSR count). The molecule has 1 aromatic rings. The summed E-state index contributed by atoms with van der Waals surface area (Å²) in [7, 11) is 0. The van der Waals surface area contributed by atoms with Crippen LogP contribution in [0.1, 0.15) is 26.7 Å². The van der Waals surface area contributed by atoms with Gasteiger partial charge in [-0.15, -0.1) is 0 Å². The van der Waals surface area contributed by atoms with Gasteiger partial charge >= 0.3 is 0 Å². The molecule has 0 bridgehead atoms. The lowest BCUT2D eigenvalue weighted by Crippen LogP contribution is -2.35. The number of amides is 1. The predicted molar refractivity (Wildman–Crippen MR) is 67.3 cm³/mol. The number of carbonyl (C=O) groups excluding carboxylic acids is 1. The Morgan fingerprint density at radius 3 is 3.06 bits per heavy atom. The molecule has 1 aromatic heterocycles. The molecular weight excluding hydrogens is 240 g/mol. The van der Waals surface area contributed by atoms with Crippen molar-refractivity contribution in [2.24, 2.45) is 0 Å². The number of nitrogens with zero attached hydrogens (tertiary/aromatic N) is 1. The van der Waals surface area contributed by atoms with Crippen LogP contribution in [0.15, 0.2) is 18.3 Å². The van der Waals surface area contributed by atoms with Gasteiger partial charge in [0, 0.05) is 12.2 Å². The monoisotopic (exact) mass is 256 g/mol. The number of halogens is 1. The fourth-order valence-corrected chi connectivity index (χ4v) is 1.62. The molecule has 0 aliphatic carbocycles. The fourth-order valence-electron chi connectivity index (χ4n) is 1.44. The van der Waals surface area contributed by atoms with Gasteiger partial charge in [-0.05, 0) is 25.5 Å². The molecule has 0 radical (unpaired) electrons. The summed E-state index contributed by atoms with van der Waals surface area (Å²) in [5.41, 5.74) is 0. The number of rotatable bonds is 6. The first kappa shape index (κ1) is 13.8. The summed E-state index contributed by atoms with van der Waals surface area (Å²) in [5.74, 6) is 0.276. The molecule has 0 saturated heterocycles. The number of hydrogen-bond acceptors (Lipinski definition) is 3. The first-order chi connectivity index (χ1) is 8.13. The van der Waals surface area contributed by atoms with Gasteiger partial charge in [-0.2, -0.15) is 0 Å². The minimum Gasteiger partial charge on any atom is -0.481 e. The Balaban J connectivity index is 2.36. The van der Waals surface area contributed by atoms with Crippen molar-refractivity contribution in [3.8, 4) is 5.75 Å². The fraction of sp³-hybridized carbons (Fsp3) is 0.500. The van der Waals surface area contributed by atoms with Crippen molar-refractivity contribution in [2.75, 3.05) is 6.61 Å². The van der Waals surface area contributed by atoms with Gasteiger partial charge in [-0.25, -0.2) is 4.98 Å². The second kappa shape index (κ2) is 7.12. The van der Waals surface area contributed by atoms with Gasteiger partial charge < -0.3 is 10.1 Å². The lowest BCUT2D eigenvalue weighted by atomic mass is 10.2. The van der Waals surface area contributed by atoms with E-state index in [-0.39, 0.29) is 23.7 Å². The van der Waals surface area contributed by atoms with Gasteiger partial charge in [0.15, 0.2) is 17.5 Å². The molecule has 17 heavy (non-hydrogen) atoms. The maximum absolute atomic E-state index is 11.5. The molecule has 1 N–H and O–H groups in total. The van der Waals surface area contributed by atoms with Crippen molar-refractivity contribution in [3.05, 3.63) is 23.5 Å². The lowest BCUT2D eigenvalue weighted by molar-refractivity contribution is -0.123. The topological polar surface area (TPSA) is 51.2 Å². The van der Waals surface area contributed by atoms with Gasteiger partial charge in [0.25, 0.3) is 5.91 Å². The lowest BCUT2D eigenvalue weighted by Gasteiger charge is -2.13. The highest BCUT2D eigenvalue weighted by Crippen LogP contribution is 2.19. The minimum absolute atomic E-state index is 0.0422. The highest BCUT2D eigenvalue weighted by atomic mass is 35.5. The van der Waals surface area contributed by atoms with E-state index in [1.807, 2.05) is 6.92 Å². The summed E-state index contributed by atoms with van der Waals surface area (Å²) in [4.78, 5) is 15.4. The van der Waals surface area contributed by atoms with Gasteiger partial charge in [0.05, 0.1) is 0 Å². The van der Waals surface area contributed by atoms with E-state index in [1.165, 1.54) is 0 Å². The third kappa shape index (κ3) is 5.04. The Bertz CT molecular complexity index is 371. The molecule has 94 valence electrons. The summed E-state index contributed by atoms with van der Waals surface area (Å²) in [6.07, 6.45) is 3.56. The van der Waals surface area contributed by atoms with E-state index in [0.717, 1.165) is 12.8 Å². The zero-order valence-electron chi connectivity index (χ0n) is 10.1. The van der Waals surface area contributed by atoms with E-state index in [0.29, 0.717) is 5.75 Å². The van der Waals surface area contributed by atoms with Crippen LogP contribution in [0.5, 0.6) is 5.75 Å². The molecule has 4 nitrogen and oxygen atoms in total. The first-order valence-electron chi connectivity index (χ1n) is 5.66. The Morgan fingerprint density at radius 1 is 1.65 bits per heavy atom. The molecule has 0 aliphatic heterocycles. The van der Waals surface area contributed by atoms with Crippen LogP contribution >= 0.6 is 11.6 Å². The summed E-state index contributed by atoms with van der Waals surface area (Å²) < 4.78 is 5.27. The third-order valence-corrected chi connectivity index (χ3v) is 2.50. The van der Waals surface area contributed by atoms with Crippen LogP contribution in [0, 0.1) is 0 Å². The zero-order valence-corrected chi connectivity index (χ0v) is 10.8. The van der Waals surface area contributed by atoms with Crippen molar-refractivity contribution in [1.29, 1.82) is 0 Å². The summed E-state index contributed by atoms with van der Waals surface area (Å²) >= 11 is 5.80. The number of ether oxygens (including phenoxy) is 1. The van der Waals surface area contributed by atoms with Crippen molar-refractivity contribution in [1.82, 2.24) is 10.3 Å². The average molecular weight is 257 g/mol. The van der Waals surface area contributed by atoms with Crippen LogP contribution in [0.4, 0.5) is 0 Å². The molecule has 0 aromatic carbocycles. The number of hydrogen-bond donors (Lipinski definition) is 1. The molecule has 0 saturated carbocycles. The number of carbonyl (C=O) groups is 1. The van der Waals surface area contributed by atoms with E-state index in [9.17, 15) is 4.79 Å². The van der Waals surface area contributed by atoms with Crippen LogP contribution in [0.2, 0.25) is 5.15 Å². The molecule has 1 amide bonds. The highest BCUT2D eigenvalue weighted by molar-refractivity contribution is 6.30. The van der Waals surface area contributed by atoms with Crippen molar-refractivity contribution < 1.29 is 9.53 Å². The quantitative estimate of drug-likeness (QED) is 0.796. The largest absolute Gasteiger partial charge is 0.481 e. The third-order valence-electron chi connectivity index (χ3n) is 2.21. The van der Waals surface area contributed by atoms with Gasteiger partial charge in [-0.1, -0.05) is 24.9 Å². The molecular formula is C12H17ClN2O2. The molecule has 0 fully saturated rings. The normalized spacial score (nSPS) is 11.9. The Kier molecular flexibility index (Phi) is 5.77. The molecule has 0 unspecified atom stereocenters. The van der Waals surface area contributed by atoms with Gasteiger partial charge in [-0.3, -0.25) is 4.79 Å². The summed E-state index contributed by atoms with van der Waals surface area (Å²) in [6.45, 7) is 4.01. The average Bonchev–Trinajstić information content (AvgIpc) is 2.28. The van der Waals surface area contributed by atoms with E-state index >= 15 is 0 Å². The number of aromatic nitrogens is 1. The van der Waals surface area contributed by atoms with Gasteiger partial charge in [0.1, 0.15) is 0 Å². The van der Waals surface area contributed by atoms with E-state index in [4.69, 9.17) is 16.3 Å². The maximum Gasteiger partial charge on any atom is 0.258 e. The van der Waals surface area contributed by atoms with E-state index in [1.54, 1.807) is 18.3 Å². The van der Waals surface area contributed by atoms with Gasteiger partial charge in [0.2, 0.25) is 0 Å². The molecule has 0 aliphatic rings. The highest BCUT2D eigenvalue weighted by Gasteiger charge is 2.08. The van der Waals surface area contributed by atoms with Crippen LogP contribution < -0.4 is 10.1 Å². The second-order valence-corrected chi connectivity index (χ2v) is 4.20. The molecule has 1 atom stereocenters. The molecule has 0 spiro atoms. The van der Waals surface area contributed by atoms with Crippen molar-refractivity contribution >= 4 is 17.5 Å². The Hall–Kier alpha value is -1.29. The molecule has 5 heteroatoms. The van der Waals surface area contributed by atoms with Crippen LogP contribution in [0.25, 0.3) is 0 Å². The summed E-state index contributed by atoms with van der Waals surface area (Å²) in [5, 5.41) is 3.11. The summed E-state index contributed by atoms with van der Waals surface area (Å²) in [6, 6.07) is 3.55. The van der Waals surface area contributed by atoms with Crippen LogP contribution in [0.3, 0.4) is 0 Å². The standard InChI is InChI=1S/C12H17ClN2O2/c1-3-5-9(2)15-11(16)8-17-10-6-4-7-14-12(10)13/h4,6-7,9H,3,5,8H2,1-2H3,(H,15,16)/t9-/m1/s1. The zero-order chi connectivity index (χ0) is 12.7. The van der Waals surface area contributed by atoms with Crippen molar-refractivity contribution in [3.63, 3.8) is 0 Å². The van der Waals surface area contributed by atoms with Crippen molar-refractivity contribution in [2.45, 2.75) is 32.7 Å². The van der Waals surface area contributed by atoms with E-state index < -0.39 is 0 Å². The Morgan fingerprint density at radius 2 is 2.41 bits per heavy atom. The predicted octanol–water partition coefficient (Wildman–Crippen LogP) is 2.42. The smallest absolute Gasteiger partial charge is 0.258 e. The second-order valence-electron chi connectivity index (χ2n) is 3.84. The first-order valence-corrected chi connectivity index (χ1v) is 6.04. The number of nitrogens with one attached hydrogen (secondary N) is 1. The minimum atomic E-state index is -0.147. The SMILES string of the molecule is CCC[C@@H](C)NC(=O)COc1cccnc1Cl. The van der Waals surface area contributed by atoms with Crippen LogP contribution in [-0.4, -0.2) is 23.5 Å².